The summed E-state index contributed by atoms with van der Waals surface area (Å²) in [4.78, 5) is 11.9. The van der Waals surface area contributed by atoms with E-state index in [4.69, 9.17) is 11.6 Å². The highest BCUT2D eigenvalue weighted by atomic mass is 35.5. The zero-order valence-electron chi connectivity index (χ0n) is 9.94. The van der Waals surface area contributed by atoms with Gasteiger partial charge in [0, 0.05) is 17.8 Å². The maximum absolute atomic E-state index is 11.9. The van der Waals surface area contributed by atoms with Gasteiger partial charge in [-0.2, -0.15) is 5.10 Å². The molecule has 0 spiro atoms. The Morgan fingerprint density at radius 1 is 1.44 bits per heavy atom. The summed E-state index contributed by atoms with van der Waals surface area (Å²) in [6.07, 6.45) is 0. The number of nitrogens with zero attached hydrogens (tertiary/aromatic N) is 2. The molecule has 0 aliphatic carbocycles. The van der Waals surface area contributed by atoms with Crippen molar-refractivity contribution in [2.75, 3.05) is 5.32 Å². The van der Waals surface area contributed by atoms with Crippen molar-refractivity contribution in [3.05, 3.63) is 40.7 Å². The van der Waals surface area contributed by atoms with Gasteiger partial charge < -0.3 is 10.4 Å². The van der Waals surface area contributed by atoms with Gasteiger partial charge in [0.25, 0.3) is 5.91 Å². The molecule has 0 radical (unpaired) electrons. The van der Waals surface area contributed by atoms with E-state index in [0.717, 1.165) is 5.69 Å². The van der Waals surface area contributed by atoms with Crippen LogP contribution in [-0.2, 0) is 7.05 Å². The number of rotatable bonds is 2. The second-order valence-corrected chi connectivity index (χ2v) is 4.35. The molecule has 1 aromatic carbocycles. The van der Waals surface area contributed by atoms with Crippen LogP contribution in [0.5, 0.6) is 5.75 Å². The lowest BCUT2D eigenvalue weighted by Gasteiger charge is -2.05. The molecule has 2 rings (SSSR count). The molecule has 0 aliphatic heterocycles. The summed E-state index contributed by atoms with van der Waals surface area (Å²) in [5, 5.41) is 16.6. The van der Waals surface area contributed by atoms with Crippen LogP contribution in [0.4, 0.5) is 5.69 Å². The fraction of sp³-hybridized carbons (Fsp3) is 0.167. The fourth-order valence-electron chi connectivity index (χ4n) is 1.47. The number of hydrogen-bond donors (Lipinski definition) is 2. The molecule has 0 fully saturated rings. The number of benzene rings is 1. The predicted octanol–water partition coefficient (Wildman–Crippen LogP) is 2.34. The van der Waals surface area contributed by atoms with Crippen LogP contribution in [0.2, 0.25) is 5.02 Å². The van der Waals surface area contributed by atoms with E-state index in [2.05, 4.69) is 10.4 Å². The number of carbonyl (C=O) groups excluding carboxylic acids is 1. The number of aromatic nitrogens is 2. The SMILES string of the molecule is Cc1cc(C(=O)Nc2cc(Cl)ccc2O)nn1C. The standard InChI is InChI=1S/C12H12ClN3O2/c1-7-5-10(15-16(7)2)12(18)14-9-6-8(13)3-4-11(9)17/h3-6,17H,1-2H3,(H,14,18). The topological polar surface area (TPSA) is 67.2 Å². The first kappa shape index (κ1) is 12.4. The van der Waals surface area contributed by atoms with Crippen molar-refractivity contribution < 1.29 is 9.90 Å². The quantitative estimate of drug-likeness (QED) is 0.819. The molecule has 2 N–H and O–H groups in total. The molecule has 18 heavy (non-hydrogen) atoms. The Balaban J connectivity index is 2.23. The van der Waals surface area contributed by atoms with E-state index in [9.17, 15) is 9.90 Å². The number of hydrogen-bond acceptors (Lipinski definition) is 3. The molecular formula is C12H12ClN3O2. The predicted molar refractivity (Wildman–Crippen MR) is 69.0 cm³/mol. The van der Waals surface area contributed by atoms with Crippen molar-refractivity contribution in [2.24, 2.45) is 7.05 Å². The molecule has 1 heterocycles. The van der Waals surface area contributed by atoms with E-state index in [0.29, 0.717) is 5.02 Å². The first-order valence-electron chi connectivity index (χ1n) is 5.28. The molecule has 0 saturated carbocycles. The Morgan fingerprint density at radius 2 is 2.17 bits per heavy atom. The van der Waals surface area contributed by atoms with Gasteiger partial charge in [0.05, 0.1) is 5.69 Å². The Labute approximate surface area is 109 Å². The Kier molecular flexibility index (Phi) is 3.25. The summed E-state index contributed by atoms with van der Waals surface area (Å²) in [7, 11) is 1.75. The minimum atomic E-state index is -0.392. The lowest BCUT2D eigenvalue weighted by Crippen LogP contribution is -2.13. The molecule has 6 heteroatoms. The molecule has 0 saturated heterocycles. The number of nitrogens with one attached hydrogen (secondary N) is 1. The van der Waals surface area contributed by atoms with Crippen LogP contribution in [0.3, 0.4) is 0 Å². The van der Waals surface area contributed by atoms with Crippen LogP contribution in [-0.4, -0.2) is 20.8 Å². The van der Waals surface area contributed by atoms with E-state index < -0.39 is 5.91 Å². The number of halogens is 1. The van der Waals surface area contributed by atoms with Crippen LogP contribution in [0.25, 0.3) is 0 Å². The third-order valence-electron chi connectivity index (χ3n) is 2.55. The van der Waals surface area contributed by atoms with Crippen molar-refractivity contribution in [1.29, 1.82) is 0 Å². The van der Waals surface area contributed by atoms with Crippen LogP contribution in [0, 0.1) is 6.92 Å². The van der Waals surface area contributed by atoms with Crippen molar-refractivity contribution in [1.82, 2.24) is 9.78 Å². The average molecular weight is 266 g/mol. The zero-order chi connectivity index (χ0) is 13.3. The maximum Gasteiger partial charge on any atom is 0.276 e. The average Bonchev–Trinajstić information content (AvgIpc) is 2.64. The summed E-state index contributed by atoms with van der Waals surface area (Å²) in [6.45, 7) is 1.85. The Hall–Kier alpha value is -2.01. The largest absolute Gasteiger partial charge is 0.506 e. The molecule has 5 nitrogen and oxygen atoms in total. The number of amides is 1. The van der Waals surface area contributed by atoms with Gasteiger partial charge >= 0.3 is 0 Å². The molecule has 94 valence electrons. The number of aryl methyl sites for hydroxylation is 2. The lowest BCUT2D eigenvalue weighted by molar-refractivity contribution is 0.102. The lowest BCUT2D eigenvalue weighted by atomic mass is 10.2. The van der Waals surface area contributed by atoms with Gasteiger partial charge in [-0.05, 0) is 31.2 Å². The van der Waals surface area contributed by atoms with E-state index >= 15 is 0 Å². The Bertz CT molecular complexity index is 588. The first-order chi connectivity index (χ1) is 8.47. The fourth-order valence-corrected chi connectivity index (χ4v) is 1.64. The molecule has 1 amide bonds. The highest BCUT2D eigenvalue weighted by molar-refractivity contribution is 6.31. The second-order valence-electron chi connectivity index (χ2n) is 3.91. The third kappa shape index (κ3) is 2.46. The number of anilines is 1. The summed E-state index contributed by atoms with van der Waals surface area (Å²) in [5.41, 5.74) is 1.42. The summed E-state index contributed by atoms with van der Waals surface area (Å²) >= 11 is 5.79. The molecule has 1 aromatic heterocycles. The number of carbonyl (C=O) groups is 1. The van der Waals surface area contributed by atoms with Gasteiger partial charge in [0.15, 0.2) is 5.69 Å². The van der Waals surface area contributed by atoms with Gasteiger partial charge in [0.2, 0.25) is 0 Å². The van der Waals surface area contributed by atoms with E-state index in [1.807, 2.05) is 6.92 Å². The van der Waals surface area contributed by atoms with Gasteiger partial charge in [-0.3, -0.25) is 9.48 Å². The number of aromatic hydroxyl groups is 1. The zero-order valence-corrected chi connectivity index (χ0v) is 10.7. The number of phenols is 1. The highest BCUT2D eigenvalue weighted by Crippen LogP contribution is 2.26. The smallest absolute Gasteiger partial charge is 0.276 e. The third-order valence-corrected chi connectivity index (χ3v) is 2.79. The monoisotopic (exact) mass is 265 g/mol. The van der Waals surface area contributed by atoms with Crippen molar-refractivity contribution in [3.63, 3.8) is 0 Å². The van der Waals surface area contributed by atoms with Gasteiger partial charge in [-0.25, -0.2) is 0 Å². The minimum Gasteiger partial charge on any atom is -0.506 e. The second kappa shape index (κ2) is 4.70. The van der Waals surface area contributed by atoms with E-state index in [-0.39, 0.29) is 17.1 Å². The number of phenolic OH excluding ortho intramolecular Hbond substituents is 1. The summed E-state index contributed by atoms with van der Waals surface area (Å²) in [6, 6.07) is 6.10. The van der Waals surface area contributed by atoms with Crippen molar-refractivity contribution in [2.45, 2.75) is 6.92 Å². The van der Waals surface area contributed by atoms with Crippen molar-refractivity contribution in [3.8, 4) is 5.75 Å². The van der Waals surface area contributed by atoms with Crippen LogP contribution >= 0.6 is 11.6 Å². The minimum absolute atomic E-state index is 0.0413. The van der Waals surface area contributed by atoms with Crippen LogP contribution < -0.4 is 5.32 Å². The molecule has 0 bridgehead atoms. The summed E-state index contributed by atoms with van der Waals surface area (Å²) < 4.78 is 1.60. The molecule has 0 aliphatic rings. The van der Waals surface area contributed by atoms with E-state index in [1.54, 1.807) is 17.8 Å². The van der Waals surface area contributed by atoms with Gasteiger partial charge in [0.1, 0.15) is 5.75 Å². The van der Waals surface area contributed by atoms with Gasteiger partial charge in [-0.1, -0.05) is 11.6 Å². The van der Waals surface area contributed by atoms with Gasteiger partial charge in [-0.15, -0.1) is 0 Å². The van der Waals surface area contributed by atoms with Crippen LogP contribution in [0.1, 0.15) is 16.2 Å². The van der Waals surface area contributed by atoms with Crippen molar-refractivity contribution >= 4 is 23.2 Å². The molecule has 0 atom stereocenters. The maximum atomic E-state index is 11.9. The first-order valence-corrected chi connectivity index (χ1v) is 5.65. The molecular weight excluding hydrogens is 254 g/mol. The van der Waals surface area contributed by atoms with Crippen LogP contribution in [0.15, 0.2) is 24.3 Å². The molecule has 0 unspecified atom stereocenters. The molecule has 2 aromatic rings. The highest BCUT2D eigenvalue weighted by Gasteiger charge is 2.13. The summed E-state index contributed by atoms with van der Waals surface area (Å²) in [5.74, 6) is -0.434. The normalized spacial score (nSPS) is 10.4. The van der Waals surface area contributed by atoms with E-state index in [1.165, 1.54) is 18.2 Å². The Morgan fingerprint density at radius 3 is 2.78 bits per heavy atom.